The summed E-state index contributed by atoms with van der Waals surface area (Å²) in [6, 6.07) is 0. The summed E-state index contributed by atoms with van der Waals surface area (Å²) in [7, 11) is 1.85. The summed E-state index contributed by atoms with van der Waals surface area (Å²) in [6.45, 7) is 7.26. The number of aryl methyl sites for hydroxylation is 2. The van der Waals surface area contributed by atoms with Gasteiger partial charge in [0.15, 0.2) is 5.65 Å². The number of rotatable bonds is 4. The van der Waals surface area contributed by atoms with Gasteiger partial charge < -0.3 is 4.90 Å². The molecule has 0 aromatic carbocycles. The van der Waals surface area contributed by atoms with Gasteiger partial charge in [0, 0.05) is 26.3 Å². The Kier molecular flexibility index (Phi) is 4.47. The maximum atomic E-state index is 12.9. The van der Waals surface area contributed by atoms with E-state index in [1.807, 2.05) is 38.9 Å². The normalized spacial score (nSPS) is 11.6. The smallest absolute Gasteiger partial charge is 0.264 e. The van der Waals surface area contributed by atoms with Crippen LogP contribution in [-0.2, 0) is 7.05 Å². The number of hydrogen-bond donors (Lipinski definition) is 0. The van der Waals surface area contributed by atoms with Crippen molar-refractivity contribution >= 4 is 49.0 Å². The van der Waals surface area contributed by atoms with Crippen LogP contribution in [0.3, 0.4) is 0 Å². The number of aromatic nitrogens is 6. The van der Waals surface area contributed by atoms with Gasteiger partial charge >= 0.3 is 0 Å². The van der Waals surface area contributed by atoms with E-state index in [4.69, 9.17) is 4.98 Å². The van der Waals surface area contributed by atoms with Crippen molar-refractivity contribution < 1.29 is 4.79 Å². The Hall–Kier alpha value is -2.33. The minimum Gasteiger partial charge on any atom is -0.338 e. The van der Waals surface area contributed by atoms with E-state index in [-0.39, 0.29) is 5.91 Å². The fourth-order valence-corrected chi connectivity index (χ4v) is 4.77. The van der Waals surface area contributed by atoms with Crippen LogP contribution in [0.2, 0.25) is 0 Å². The molecular weight excluding hydrogens is 430 g/mol. The van der Waals surface area contributed by atoms with E-state index in [9.17, 15) is 4.79 Å². The number of amides is 1. The van der Waals surface area contributed by atoms with E-state index in [1.165, 1.54) is 11.3 Å². The zero-order valence-corrected chi connectivity index (χ0v) is 17.8. The van der Waals surface area contributed by atoms with Crippen LogP contribution in [0.15, 0.2) is 17.0 Å². The van der Waals surface area contributed by atoms with Crippen molar-refractivity contribution in [3.05, 3.63) is 27.4 Å². The highest BCUT2D eigenvalue weighted by atomic mass is 79.9. The Labute approximate surface area is 168 Å². The van der Waals surface area contributed by atoms with Crippen LogP contribution < -0.4 is 0 Å². The standard InChI is InChI=1S/C17H18BrN7OS/c1-5-24(6-2)17(26)13-9(3)11-15-20-14(12-10(18)7-23(4)21-12)22-25(15)8-19-16(11)27-13/h7-8H,5-6H2,1-4H3. The second-order valence-electron chi connectivity index (χ2n) is 6.16. The third kappa shape index (κ3) is 2.83. The van der Waals surface area contributed by atoms with Gasteiger partial charge in [0.05, 0.1) is 14.7 Å². The highest BCUT2D eigenvalue weighted by Gasteiger charge is 2.23. The minimum absolute atomic E-state index is 0.0332. The van der Waals surface area contributed by atoms with Gasteiger partial charge in [0.1, 0.15) is 16.9 Å². The number of thiophene rings is 1. The summed E-state index contributed by atoms with van der Waals surface area (Å²) in [4.78, 5) is 25.3. The zero-order chi connectivity index (χ0) is 19.3. The Bertz CT molecular complexity index is 1170. The SMILES string of the molecule is CCN(CC)C(=O)c1sc2ncn3nc(-c4nn(C)cc4Br)nc3c2c1C. The van der Waals surface area contributed by atoms with E-state index in [0.717, 1.165) is 20.3 Å². The molecule has 0 spiro atoms. The van der Waals surface area contributed by atoms with Crippen LogP contribution in [0.25, 0.3) is 27.4 Å². The van der Waals surface area contributed by atoms with Gasteiger partial charge in [-0.3, -0.25) is 9.48 Å². The highest BCUT2D eigenvalue weighted by molar-refractivity contribution is 9.10. The summed E-state index contributed by atoms with van der Waals surface area (Å²) in [6.07, 6.45) is 3.48. The van der Waals surface area contributed by atoms with Crippen LogP contribution in [0.4, 0.5) is 0 Å². The highest BCUT2D eigenvalue weighted by Crippen LogP contribution is 2.33. The number of halogens is 1. The molecule has 0 saturated heterocycles. The van der Waals surface area contributed by atoms with Crippen LogP contribution in [0, 0.1) is 6.92 Å². The average molecular weight is 448 g/mol. The largest absolute Gasteiger partial charge is 0.338 e. The summed E-state index contributed by atoms with van der Waals surface area (Å²) in [5.74, 6) is 0.546. The van der Waals surface area contributed by atoms with Gasteiger partial charge in [-0.15, -0.1) is 16.4 Å². The molecule has 0 bridgehead atoms. The number of hydrogen-bond acceptors (Lipinski definition) is 6. The second-order valence-corrected chi connectivity index (χ2v) is 8.01. The Morgan fingerprint density at radius 1 is 1.30 bits per heavy atom. The van der Waals surface area contributed by atoms with Crippen molar-refractivity contribution in [2.24, 2.45) is 7.05 Å². The van der Waals surface area contributed by atoms with E-state index in [2.05, 4.69) is 31.1 Å². The third-order valence-electron chi connectivity index (χ3n) is 4.51. The average Bonchev–Trinajstić information content (AvgIpc) is 3.30. The molecule has 0 aliphatic carbocycles. The predicted octanol–water partition coefficient (Wildman–Crippen LogP) is 3.29. The van der Waals surface area contributed by atoms with Crippen molar-refractivity contribution in [2.45, 2.75) is 20.8 Å². The lowest BCUT2D eigenvalue weighted by molar-refractivity contribution is 0.0777. The van der Waals surface area contributed by atoms with Crippen molar-refractivity contribution in [1.82, 2.24) is 34.3 Å². The predicted molar refractivity (Wildman–Crippen MR) is 108 cm³/mol. The van der Waals surface area contributed by atoms with Crippen LogP contribution in [0.5, 0.6) is 0 Å². The Morgan fingerprint density at radius 2 is 2.04 bits per heavy atom. The maximum Gasteiger partial charge on any atom is 0.264 e. The molecular formula is C17H18BrN7OS. The Morgan fingerprint density at radius 3 is 2.67 bits per heavy atom. The van der Waals surface area contributed by atoms with Gasteiger partial charge in [-0.2, -0.15) is 5.10 Å². The monoisotopic (exact) mass is 447 g/mol. The van der Waals surface area contributed by atoms with Gasteiger partial charge in [0.25, 0.3) is 5.91 Å². The van der Waals surface area contributed by atoms with Gasteiger partial charge in [-0.1, -0.05) is 0 Å². The number of nitrogens with zero attached hydrogens (tertiary/aromatic N) is 7. The first-order valence-electron chi connectivity index (χ1n) is 8.57. The number of fused-ring (bicyclic) bond motifs is 3. The van der Waals surface area contributed by atoms with E-state index in [1.54, 1.807) is 15.5 Å². The molecule has 0 radical (unpaired) electrons. The van der Waals surface area contributed by atoms with E-state index in [0.29, 0.717) is 35.1 Å². The number of carbonyl (C=O) groups is 1. The lowest BCUT2D eigenvalue weighted by atomic mass is 10.2. The first-order valence-corrected chi connectivity index (χ1v) is 10.2. The van der Waals surface area contributed by atoms with Gasteiger partial charge in [-0.25, -0.2) is 14.5 Å². The van der Waals surface area contributed by atoms with Crippen molar-refractivity contribution in [2.75, 3.05) is 13.1 Å². The molecule has 140 valence electrons. The molecule has 0 aliphatic heterocycles. The van der Waals surface area contributed by atoms with Gasteiger partial charge in [-0.05, 0) is 42.3 Å². The quantitative estimate of drug-likeness (QED) is 0.479. The molecule has 0 N–H and O–H groups in total. The molecule has 1 amide bonds. The zero-order valence-electron chi connectivity index (χ0n) is 15.4. The van der Waals surface area contributed by atoms with Crippen LogP contribution in [0.1, 0.15) is 29.1 Å². The van der Waals surface area contributed by atoms with Crippen LogP contribution in [-0.4, -0.2) is 53.3 Å². The maximum absolute atomic E-state index is 12.9. The van der Waals surface area contributed by atoms with Crippen molar-refractivity contribution in [3.8, 4) is 11.5 Å². The molecule has 0 aliphatic rings. The molecule has 0 fully saturated rings. The number of carbonyl (C=O) groups excluding carboxylic acids is 1. The fourth-order valence-electron chi connectivity index (χ4n) is 3.10. The Balaban J connectivity index is 1.91. The lowest BCUT2D eigenvalue weighted by Gasteiger charge is -2.17. The topological polar surface area (TPSA) is 81.2 Å². The van der Waals surface area contributed by atoms with Crippen molar-refractivity contribution in [3.63, 3.8) is 0 Å². The second kappa shape index (κ2) is 6.68. The summed E-state index contributed by atoms with van der Waals surface area (Å²) >= 11 is 4.90. The van der Waals surface area contributed by atoms with Crippen LogP contribution >= 0.6 is 27.3 Å². The van der Waals surface area contributed by atoms with Crippen molar-refractivity contribution in [1.29, 1.82) is 0 Å². The van der Waals surface area contributed by atoms with E-state index < -0.39 is 0 Å². The van der Waals surface area contributed by atoms with E-state index >= 15 is 0 Å². The molecule has 27 heavy (non-hydrogen) atoms. The third-order valence-corrected chi connectivity index (χ3v) is 6.28. The molecule has 4 aromatic heterocycles. The lowest BCUT2D eigenvalue weighted by Crippen LogP contribution is -2.30. The molecule has 4 heterocycles. The molecule has 0 unspecified atom stereocenters. The van der Waals surface area contributed by atoms with Gasteiger partial charge in [0.2, 0.25) is 5.82 Å². The first-order chi connectivity index (χ1) is 12.9. The molecule has 10 heteroatoms. The molecule has 8 nitrogen and oxygen atoms in total. The molecule has 0 atom stereocenters. The first kappa shape index (κ1) is 18.1. The molecule has 4 aromatic rings. The summed E-state index contributed by atoms with van der Waals surface area (Å²) < 4.78 is 4.17. The summed E-state index contributed by atoms with van der Waals surface area (Å²) in [5, 5.41) is 9.79. The summed E-state index contributed by atoms with van der Waals surface area (Å²) in [5.41, 5.74) is 2.24. The minimum atomic E-state index is 0.0332. The molecule has 4 rings (SSSR count). The fraction of sp³-hybridized carbons (Fsp3) is 0.353. The molecule has 0 saturated carbocycles.